The van der Waals surface area contributed by atoms with E-state index in [1.165, 1.54) is 6.92 Å². The molecule has 23 heavy (non-hydrogen) atoms. The summed E-state index contributed by atoms with van der Waals surface area (Å²) >= 11 is 0. The predicted octanol–water partition coefficient (Wildman–Crippen LogP) is 2.69. The Morgan fingerprint density at radius 1 is 1.17 bits per heavy atom. The van der Waals surface area contributed by atoms with Crippen LogP contribution >= 0.6 is 12.4 Å². The summed E-state index contributed by atoms with van der Waals surface area (Å²) < 4.78 is 0. The first-order valence-corrected chi connectivity index (χ1v) is 7.90. The number of hydrogen-bond donors (Lipinski definition) is 3. The van der Waals surface area contributed by atoms with Crippen molar-refractivity contribution >= 4 is 35.6 Å². The van der Waals surface area contributed by atoms with Crippen LogP contribution in [0.4, 0.5) is 11.4 Å². The lowest BCUT2D eigenvalue weighted by Crippen LogP contribution is -2.42. The Hall–Kier alpha value is -1.59. The first-order valence-electron chi connectivity index (χ1n) is 7.90. The topological polar surface area (TPSA) is 84.2 Å². The average molecular weight is 338 g/mol. The fraction of sp³-hybridized carbons (Fsp3) is 0.529. The van der Waals surface area contributed by atoms with Crippen LogP contribution in [0.2, 0.25) is 0 Å². The number of anilines is 2. The van der Waals surface area contributed by atoms with E-state index in [-0.39, 0.29) is 36.2 Å². The van der Waals surface area contributed by atoms with Crippen LogP contribution in [0.5, 0.6) is 0 Å². The van der Waals surface area contributed by atoms with E-state index in [9.17, 15) is 9.59 Å². The number of hydrogen-bond acceptors (Lipinski definition) is 3. The number of rotatable bonds is 3. The first-order chi connectivity index (χ1) is 10.5. The fourth-order valence-electron chi connectivity index (χ4n) is 3.97. The number of aryl methyl sites for hydroxylation is 1. The Balaban J connectivity index is 0.00000192. The summed E-state index contributed by atoms with van der Waals surface area (Å²) in [6.07, 6.45) is 3.36. The van der Waals surface area contributed by atoms with Gasteiger partial charge in [-0.05, 0) is 55.7 Å². The maximum absolute atomic E-state index is 12.6. The van der Waals surface area contributed by atoms with Crippen LogP contribution in [0.25, 0.3) is 0 Å². The van der Waals surface area contributed by atoms with Gasteiger partial charge in [-0.3, -0.25) is 9.59 Å². The van der Waals surface area contributed by atoms with Crippen LogP contribution in [0.3, 0.4) is 0 Å². The summed E-state index contributed by atoms with van der Waals surface area (Å²) in [5.74, 6) is 0.747. The highest BCUT2D eigenvalue weighted by Gasteiger charge is 2.49. The average Bonchev–Trinajstić information content (AvgIpc) is 3.02. The molecule has 2 aliphatic rings. The Morgan fingerprint density at radius 2 is 1.87 bits per heavy atom. The summed E-state index contributed by atoms with van der Waals surface area (Å²) in [5, 5.41) is 5.75. The van der Waals surface area contributed by atoms with E-state index in [4.69, 9.17) is 5.73 Å². The molecular weight excluding hydrogens is 314 g/mol. The third-order valence-corrected chi connectivity index (χ3v) is 5.10. The summed E-state index contributed by atoms with van der Waals surface area (Å²) in [5.41, 5.74) is 8.61. The number of carbonyl (C=O) groups is 2. The van der Waals surface area contributed by atoms with Gasteiger partial charge in [-0.1, -0.05) is 6.07 Å². The monoisotopic (exact) mass is 337 g/mol. The molecule has 1 aromatic carbocycles. The zero-order chi connectivity index (χ0) is 15.9. The lowest BCUT2D eigenvalue weighted by atomic mass is 9.84. The molecule has 1 aromatic rings. The Bertz CT molecular complexity index is 618. The van der Waals surface area contributed by atoms with E-state index >= 15 is 0 Å². The second kappa shape index (κ2) is 6.89. The van der Waals surface area contributed by atoms with Gasteiger partial charge in [0.1, 0.15) is 0 Å². The molecule has 2 aliphatic carbocycles. The standard InChI is InChI=1S/C17H23N3O2.ClH/c1-9-3-6-13(8-14(9)19-10(2)21)20-17(22)15-11-4-5-12(7-11)16(15)18;/h3,6,8,11-12,15-16H,4-5,7,18H2,1-2H3,(H,19,21)(H,20,22);1H. The van der Waals surface area contributed by atoms with Crippen molar-refractivity contribution in [3.63, 3.8) is 0 Å². The second-order valence-corrected chi connectivity index (χ2v) is 6.64. The minimum atomic E-state index is -0.123. The third-order valence-electron chi connectivity index (χ3n) is 5.10. The summed E-state index contributed by atoms with van der Waals surface area (Å²) in [7, 11) is 0. The van der Waals surface area contributed by atoms with Crippen LogP contribution in [-0.2, 0) is 9.59 Å². The first kappa shape index (κ1) is 17.8. The minimum Gasteiger partial charge on any atom is -0.327 e. The molecule has 0 saturated heterocycles. The number of benzene rings is 1. The molecule has 4 atom stereocenters. The summed E-state index contributed by atoms with van der Waals surface area (Å²) in [6, 6.07) is 5.53. The zero-order valence-electron chi connectivity index (χ0n) is 13.5. The van der Waals surface area contributed by atoms with E-state index in [0.717, 1.165) is 30.5 Å². The summed E-state index contributed by atoms with van der Waals surface area (Å²) in [4.78, 5) is 23.8. The van der Waals surface area contributed by atoms with Gasteiger partial charge in [0.15, 0.2) is 0 Å². The van der Waals surface area contributed by atoms with Gasteiger partial charge in [0, 0.05) is 24.3 Å². The molecule has 0 heterocycles. The zero-order valence-corrected chi connectivity index (χ0v) is 14.3. The number of halogens is 1. The highest BCUT2D eigenvalue weighted by Crippen LogP contribution is 2.47. The van der Waals surface area contributed by atoms with Crippen molar-refractivity contribution in [1.29, 1.82) is 0 Å². The van der Waals surface area contributed by atoms with Gasteiger partial charge in [0.2, 0.25) is 11.8 Å². The maximum atomic E-state index is 12.6. The van der Waals surface area contributed by atoms with Crippen LogP contribution in [0.1, 0.15) is 31.7 Å². The highest BCUT2D eigenvalue weighted by molar-refractivity contribution is 5.95. The minimum absolute atomic E-state index is 0. The molecular formula is C17H24ClN3O2. The van der Waals surface area contributed by atoms with Crippen molar-refractivity contribution in [2.75, 3.05) is 10.6 Å². The van der Waals surface area contributed by atoms with Crippen LogP contribution in [0, 0.1) is 24.7 Å². The van der Waals surface area contributed by atoms with Gasteiger partial charge in [-0.15, -0.1) is 12.4 Å². The molecule has 0 aromatic heterocycles. The third kappa shape index (κ3) is 3.51. The van der Waals surface area contributed by atoms with Crippen molar-refractivity contribution in [3.8, 4) is 0 Å². The van der Waals surface area contributed by atoms with E-state index in [1.54, 1.807) is 6.07 Å². The molecule has 6 heteroatoms. The molecule has 2 bridgehead atoms. The molecule has 2 amide bonds. The van der Waals surface area contributed by atoms with Crippen molar-refractivity contribution < 1.29 is 9.59 Å². The molecule has 4 unspecified atom stereocenters. The maximum Gasteiger partial charge on any atom is 0.229 e. The molecule has 2 fully saturated rings. The van der Waals surface area contributed by atoms with Crippen molar-refractivity contribution in [3.05, 3.63) is 23.8 Å². The molecule has 0 aliphatic heterocycles. The SMILES string of the molecule is CC(=O)Nc1cc(NC(=O)C2C3CCC(C3)C2N)ccc1C.Cl. The quantitative estimate of drug-likeness (QED) is 0.792. The van der Waals surface area contributed by atoms with Crippen LogP contribution < -0.4 is 16.4 Å². The summed E-state index contributed by atoms with van der Waals surface area (Å²) in [6.45, 7) is 3.39. The largest absolute Gasteiger partial charge is 0.327 e. The van der Waals surface area contributed by atoms with Gasteiger partial charge in [0.25, 0.3) is 0 Å². The fourth-order valence-corrected chi connectivity index (χ4v) is 3.97. The van der Waals surface area contributed by atoms with Crippen LogP contribution in [-0.4, -0.2) is 17.9 Å². The smallest absolute Gasteiger partial charge is 0.229 e. The molecule has 126 valence electrons. The molecule has 3 rings (SSSR count). The van der Waals surface area contributed by atoms with Crippen LogP contribution in [0.15, 0.2) is 18.2 Å². The van der Waals surface area contributed by atoms with Gasteiger partial charge in [-0.2, -0.15) is 0 Å². The van der Waals surface area contributed by atoms with Gasteiger partial charge >= 0.3 is 0 Å². The molecule has 5 nitrogen and oxygen atoms in total. The number of nitrogens with two attached hydrogens (primary N) is 1. The van der Waals surface area contributed by atoms with E-state index < -0.39 is 0 Å². The van der Waals surface area contributed by atoms with E-state index in [0.29, 0.717) is 17.5 Å². The van der Waals surface area contributed by atoms with E-state index in [2.05, 4.69) is 10.6 Å². The lowest BCUT2D eigenvalue weighted by molar-refractivity contribution is -0.121. The molecule has 2 saturated carbocycles. The Labute approximate surface area is 142 Å². The lowest BCUT2D eigenvalue weighted by Gasteiger charge is -2.27. The Kier molecular flexibility index (Phi) is 5.32. The van der Waals surface area contributed by atoms with E-state index in [1.807, 2.05) is 19.1 Å². The number of nitrogens with one attached hydrogen (secondary N) is 2. The highest BCUT2D eigenvalue weighted by atomic mass is 35.5. The molecule has 4 N–H and O–H groups in total. The van der Waals surface area contributed by atoms with Crippen molar-refractivity contribution in [2.45, 2.75) is 39.2 Å². The predicted molar refractivity (Wildman–Crippen MR) is 93.7 cm³/mol. The number of amides is 2. The number of carbonyl (C=O) groups excluding carboxylic acids is 2. The molecule has 0 spiro atoms. The second-order valence-electron chi connectivity index (χ2n) is 6.64. The van der Waals surface area contributed by atoms with Gasteiger partial charge in [0.05, 0.1) is 5.92 Å². The van der Waals surface area contributed by atoms with Crippen molar-refractivity contribution in [1.82, 2.24) is 0 Å². The number of fused-ring (bicyclic) bond motifs is 2. The van der Waals surface area contributed by atoms with Crippen molar-refractivity contribution in [2.24, 2.45) is 23.5 Å². The normalized spacial score (nSPS) is 28.1. The Morgan fingerprint density at radius 3 is 2.48 bits per heavy atom. The molecule has 0 radical (unpaired) electrons. The van der Waals surface area contributed by atoms with Gasteiger partial charge < -0.3 is 16.4 Å². The van der Waals surface area contributed by atoms with Gasteiger partial charge in [-0.25, -0.2) is 0 Å².